The molecule has 3 rings (SSSR count). The summed E-state index contributed by atoms with van der Waals surface area (Å²) in [5.41, 5.74) is 2.90. The number of aliphatic hydroxyl groups excluding tert-OH is 1. The summed E-state index contributed by atoms with van der Waals surface area (Å²) >= 11 is 0. The number of benzene rings is 2. The quantitative estimate of drug-likeness (QED) is 0.823. The highest BCUT2D eigenvalue weighted by atomic mass is 16.3. The number of amides is 1. The number of anilines is 1. The van der Waals surface area contributed by atoms with Crippen molar-refractivity contribution in [1.82, 2.24) is 4.90 Å². The van der Waals surface area contributed by atoms with Crippen LogP contribution in [0.1, 0.15) is 39.1 Å². The second-order valence-corrected chi connectivity index (χ2v) is 6.36. The Labute approximate surface area is 147 Å². The molecule has 0 aromatic heterocycles. The van der Waals surface area contributed by atoms with E-state index in [1.807, 2.05) is 24.3 Å². The Balaban J connectivity index is 1.69. The summed E-state index contributed by atoms with van der Waals surface area (Å²) in [4.78, 5) is 25.5. The summed E-state index contributed by atoms with van der Waals surface area (Å²) < 4.78 is 0. The maximum Gasteiger partial charge on any atom is 0.255 e. The number of nitrogens with zero attached hydrogens (tertiary/aromatic N) is 1. The Hall–Kier alpha value is -2.50. The number of aliphatic hydroxyl groups is 1. The zero-order chi connectivity index (χ0) is 17.6. The van der Waals surface area contributed by atoms with Gasteiger partial charge in [-0.1, -0.05) is 30.3 Å². The van der Waals surface area contributed by atoms with Gasteiger partial charge in [-0.15, -0.1) is 0 Å². The highest BCUT2D eigenvalue weighted by molar-refractivity contribution is 6.04. The first kappa shape index (κ1) is 17.3. The van der Waals surface area contributed by atoms with Crippen LogP contribution in [0.3, 0.4) is 0 Å². The van der Waals surface area contributed by atoms with E-state index in [-0.39, 0.29) is 12.0 Å². The van der Waals surface area contributed by atoms with Crippen LogP contribution in [0.5, 0.6) is 0 Å². The standard InChI is InChI=1S/C20H22N2O3/c23-14-15-5-7-16(8-6-15)20(25)21-19-4-2-1-3-17(19)13-22-11-9-18(24)10-12-22/h1-8,14,18,24H,9-13H2,(H,21,25). The van der Waals surface area contributed by atoms with Crippen molar-refractivity contribution < 1.29 is 14.7 Å². The minimum absolute atomic E-state index is 0.194. The normalized spacial score (nSPS) is 15.7. The maximum atomic E-state index is 12.5. The van der Waals surface area contributed by atoms with Gasteiger partial charge in [-0.05, 0) is 36.6 Å². The molecule has 1 amide bonds. The molecule has 0 radical (unpaired) electrons. The van der Waals surface area contributed by atoms with Gasteiger partial charge in [0.15, 0.2) is 0 Å². The molecule has 1 aliphatic rings. The predicted octanol–water partition coefficient (Wildman–Crippen LogP) is 2.71. The molecule has 0 unspecified atom stereocenters. The van der Waals surface area contributed by atoms with Crippen molar-refractivity contribution in [3.63, 3.8) is 0 Å². The van der Waals surface area contributed by atoms with Crippen LogP contribution in [-0.2, 0) is 6.54 Å². The van der Waals surface area contributed by atoms with E-state index in [4.69, 9.17) is 0 Å². The molecular weight excluding hydrogens is 316 g/mol. The van der Waals surface area contributed by atoms with Crippen LogP contribution in [0.15, 0.2) is 48.5 Å². The predicted molar refractivity (Wildman–Crippen MR) is 96.7 cm³/mol. The molecule has 0 saturated carbocycles. The number of likely N-dealkylation sites (tertiary alicyclic amines) is 1. The number of para-hydroxylation sites is 1. The molecule has 5 heteroatoms. The van der Waals surface area contributed by atoms with Gasteiger partial charge in [-0.2, -0.15) is 0 Å². The van der Waals surface area contributed by atoms with Crippen molar-refractivity contribution in [3.05, 3.63) is 65.2 Å². The number of nitrogens with one attached hydrogen (secondary N) is 1. The van der Waals surface area contributed by atoms with Gasteiger partial charge >= 0.3 is 0 Å². The molecule has 2 aromatic carbocycles. The van der Waals surface area contributed by atoms with Crippen molar-refractivity contribution in [2.24, 2.45) is 0 Å². The first-order chi connectivity index (χ1) is 12.2. The lowest BCUT2D eigenvalue weighted by Gasteiger charge is -2.30. The minimum atomic E-state index is -0.195. The largest absolute Gasteiger partial charge is 0.393 e. The Morgan fingerprint density at radius 1 is 1.12 bits per heavy atom. The summed E-state index contributed by atoms with van der Waals surface area (Å²) in [6, 6.07) is 14.3. The van der Waals surface area contributed by atoms with Gasteiger partial charge in [0.2, 0.25) is 0 Å². The zero-order valence-electron chi connectivity index (χ0n) is 14.0. The minimum Gasteiger partial charge on any atom is -0.393 e. The maximum absolute atomic E-state index is 12.5. The molecule has 0 aliphatic carbocycles. The molecule has 25 heavy (non-hydrogen) atoms. The monoisotopic (exact) mass is 338 g/mol. The number of hydrogen-bond donors (Lipinski definition) is 2. The smallest absolute Gasteiger partial charge is 0.255 e. The summed E-state index contributed by atoms with van der Waals surface area (Å²) in [7, 11) is 0. The average Bonchev–Trinajstić information content (AvgIpc) is 2.65. The number of carbonyl (C=O) groups is 2. The van der Waals surface area contributed by atoms with Gasteiger partial charge < -0.3 is 10.4 Å². The van der Waals surface area contributed by atoms with E-state index in [9.17, 15) is 14.7 Å². The van der Waals surface area contributed by atoms with Crippen LogP contribution in [0.25, 0.3) is 0 Å². The fraction of sp³-hybridized carbons (Fsp3) is 0.300. The molecule has 5 nitrogen and oxygen atoms in total. The first-order valence-corrected chi connectivity index (χ1v) is 8.50. The molecule has 1 saturated heterocycles. The van der Waals surface area contributed by atoms with Gasteiger partial charge in [0.05, 0.1) is 6.10 Å². The summed E-state index contributed by atoms with van der Waals surface area (Å²) in [6.07, 6.45) is 2.14. The lowest BCUT2D eigenvalue weighted by Crippen LogP contribution is -2.35. The number of hydrogen-bond acceptors (Lipinski definition) is 4. The lowest BCUT2D eigenvalue weighted by atomic mass is 10.1. The molecule has 0 bridgehead atoms. The van der Waals surface area contributed by atoms with Crippen molar-refractivity contribution in [3.8, 4) is 0 Å². The molecule has 1 aliphatic heterocycles. The highest BCUT2D eigenvalue weighted by Crippen LogP contribution is 2.21. The molecule has 1 heterocycles. The van der Waals surface area contributed by atoms with Gasteiger partial charge in [0.1, 0.15) is 6.29 Å². The van der Waals surface area contributed by atoms with Crippen molar-refractivity contribution in [2.75, 3.05) is 18.4 Å². The van der Waals surface area contributed by atoms with Crippen LogP contribution in [0, 0.1) is 0 Å². The third-order valence-corrected chi connectivity index (χ3v) is 4.53. The van der Waals surface area contributed by atoms with E-state index in [1.165, 1.54) is 0 Å². The van der Waals surface area contributed by atoms with Gasteiger partial charge in [-0.25, -0.2) is 0 Å². The third kappa shape index (κ3) is 4.53. The van der Waals surface area contributed by atoms with E-state index in [2.05, 4.69) is 10.2 Å². The first-order valence-electron chi connectivity index (χ1n) is 8.50. The van der Waals surface area contributed by atoms with Crippen molar-refractivity contribution >= 4 is 17.9 Å². The molecule has 0 atom stereocenters. The van der Waals surface area contributed by atoms with Gasteiger partial charge in [-0.3, -0.25) is 14.5 Å². The zero-order valence-corrected chi connectivity index (χ0v) is 14.0. The van der Waals surface area contributed by atoms with E-state index in [1.54, 1.807) is 24.3 Å². The number of aldehydes is 1. The van der Waals surface area contributed by atoms with E-state index in [0.717, 1.165) is 50.0 Å². The Morgan fingerprint density at radius 2 is 1.80 bits per heavy atom. The van der Waals surface area contributed by atoms with Crippen molar-refractivity contribution in [1.29, 1.82) is 0 Å². The summed E-state index contributed by atoms with van der Waals surface area (Å²) in [5.74, 6) is -0.195. The lowest BCUT2D eigenvalue weighted by molar-refractivity contribution is 0.0793. The van der Waals surface area contributed by atoms with Crippen LogP contribution < -0.4 is 5.32 Å². The number of carbonyl (C=O) groups excluding carboxylic acids is 2. The average molecular weight is 338 g/mol. The van der Waals surface area contributed by atoms with E-state index < -0.39 is 0 Å². The fourth-order valence-corrected chi connectivity index (χ4v) is 3.01. The van der Waals surface area contributed by atoms with Gasteiger partial charge in [0, 0.05) is 36.4 Å². The summed E-state index contributed by atoms with van der Waals surface area (Å²) in [5, 5.41) is 12.6. The molecule has 130 valence electrons. The molecule has 2 aromatic rings. The SMILES string of the molecule is O=Cc1ccc(C(=O)Nc2ccccc2CN2CCC(O)CC2)cc1. The molecule has 0 spiro atoms. The van der Waals surface area contributed by atoms with Crippen LogP contribution in [0.2, 0.25) is 0 Å². The Bertz CT molecular complexity index is 735. The highest BCUT2D eigenvalue weighted by Gasteiger charge is 2.18. The Kier molecular flexibility index (Phi) is 5.58. The van der Waals surface area contributed by atoms with Crippen LogP contribution in [-0.4, -0.2) is 41.4 Å². The van der Waals surface area contributed by atoms with Gasteiger partial charge in [0.25, 0.3) is 5.91 Å². The Morgan fingerprint density at radius 3 is 2.48 bits per heavy atom. The third-order valence-electron chi connectivity index (χ3n) is 4.53. The second-order valence-electron chi connectivity index (χ2n) is 6.36. The van der Waals surface area contributed by atoms with E-state index >= 15 is 0 Å². The second kappa shape index (κ2) is 8.05. The molecule has 2 N–H and O–H groups in total. The van der Waals surface area contributed by atoms with E-state index in [0.29, 0.717) is 11.1 Å². The van der Waals surface area contributed by atoms with Crippen molar-refractivity contribution in [2.45, 2.75) is 25.5 Å². The number of piperidine rings is 1. The molecule has 1 fully saturated rings. The number of rotatable bonds is 5. The fourth-order valence-electron chi connectivity index (χ4n) is 3.01. The van der Waals surface area contributed by atoms with Crippen LogP contribution in [0.4, 0.5) is 5.69 Å². The summed E-state index contributed by atoms with van der Waals surface area (Å²) in [6.45, 7) is 2.46. The molecular formula is C20H22N2O3. The topological polar surface area (TPSA) is 69.6 Å². The van der Waals surface area contributed by atoms with Crippen LogP contribution >= 0.6 is 0 Å².